The highest BCUT2D eigenvalue weighted by molar-refractivity contribution is 5.98. The minimum absolute atomic E-state index is 0.0346. The number of carbonyl (C=O) groups is 2. The first-order valence-electron chi connectivity index (χ1n) is 10.6. The SMILES string of the molecule is CCN(CC)C(CNC(=O)C(NC(=O)c1c(F)cccc1F)C(C)C)c1ccccc1. The van der Waals surface area contributed by atoms with E-state index in [1.165, 1.54) is 6.07 Å². The predicted octanol–water partition coefficient (Wildman–Crippen LogP) is 3.92. The van der Waals surface area contributed by atoms with E-state index in [1.54, 1.807) is 13.8 Å². The fourth-order valence-corrected chi connectivity index (χ4v) is 3.57. The summed E-state index contributed by atoms with van der Waals surface area (Å²) in [5.41, 5.74) is 0.385. The molecule has 2 rings (SSSR count). The third kappa shape index (κ3) is 6.34. The van der Waals surface area contributed by atoms with E-state index in [-0.39, 0.29) is 12.0 Å². The number of nitrogens with zero attached hydrogens (tertiary/aromatic N) is 1. The van der Waals surface area contributed by atoms with Crippen molar-refractivity contribution in [2.24, 2.45) is 5.92 Å². The molecule has 31 heavy (non-hydrogen) atoms. The zero-order valence-electron chi connectivity index (χ0n) is 18.5. The maximum atomic E-state index is 14.0. The van der Waals surface area contributed by atoms with Gasteiger partial charge in [0.2, 0.25) is 5.91 Å². The molecule has 0 saturated heterocycles. The summed E-state index contributed by atoms with van der Waals surface area (Å²) < 4.78 is 27.9. The summed E-state index contributed by atoms with van der Waals surface area (Å²) in [6.45, 7) is 9.61. The van der Waals surface area contributed by atoms with Gasteiger partial charge in [-0.2, -0.15) is 0 Å². The van der Waals surface area contributed by atoms with Gasteiger partial charge in [0.05, 0.1) is 6.04 Å². The molecule has 0 aliphatic heterocycles. The first-order valence-corrected chi connectivity index (χ1v) is 10.6. The zero-order valence-corrected chi connectivity index (χ0v) is 18.5. The van der Waals surface area contributed by atoms with Crippen LogP contribution in [0.25, 0.3) is 0 Å². The lowest BCUT2D eigenvalue weighted by Crippen LogP contribution is -2.51. The number of likely N-dealkylation sites (N-methyl/N-ethyl adjacent to an activating group) is 1. The van der Waals surface area contributed by atoms with Crippen LogP contribution in [0, 0.1) is 17.6 Å². The quantitative estimate of drug-likeness (QED) is 0.600. The number of rotatable bonds is 10. The minimum Gasteiger partial charge on any atom is -0.352 e. The van der Waals surface area contributed by atoms with Gasteiger partial charge in [-0.3, -0.25) is 14.5 Å². The molecule has 0 radical (unpaired) electrons. The molecule has 2 aromatic rings. The summed E-state index contributed by atoms with van der Waals surface area (Å²) in [5.74, 6) is -3.56. The molecule has 0 spiro atoms. The highest BCUT2D eigenvalue weighted by atomic mass is 19.1. The van der Waals surface area contributed by atoms with E-state index >= 15 is 0 Å². The van der Waals surface area contributed by atoms with Gasteiger partial charge in [-0.05, 0) is 36.7 Å². The van der Waals surface area contributed by atoms with Gasteiger partial charge in [-0.1, -0.05) is 64.1 Å². The number of carbonyl (C=O) groups excluding carboxylic acids is 2. The third-order valence-electron chi connectivity index (χ3n) is 5.33. The van der Waals surface area contributed by atoms with E-state index in [0.717, 1.165) is 30.8 Å². The molecule has 2 aromatic carbocycles. The number of hydrogen-bond donors (Lipinski definition) is 2. The smallest absolute Gasteiger partial charge is 0.257 e. The van der Waals surface area contributed by atoms with Crippen LogP contribution >= 0.6 is 0 Å². The average Bonchev–Trinajstić information content (AvgIpc) is 2.75. The van der Waals surface area contributed by atoms with Gasteiger partial charge >= 0.3 is 0 Å². The van der Waals surface area contributed by atoms with Crippen LogP contribution in [0.1, 0.15) is 49.7 Å². The summed E-state index contributed by atoms with van der Waals surface area (Å²) >= 11 is 0. The molecule has 0 aliphatic carbocycles. The number of hydrogen-bond acceptors (Lipinski definition) is 3. The normalized spacial score (nSPS) is 13.2. The van der Waals surface area contributed by atoms with Gasteiger partial charge in [0, 0.05) is 6.54 Å². The van der Waals surface area contributed by atoms with Crippen LogP contribution in [0.15, 0.2) is 48.5 Å². The molecule has 0 bridgehead atoms. The molecule has 0 aromatic heterocycles. The van der Waals surface area contributed by atoms with E-state index in [1.807, 2.05) is 30.3 Å². The van der Waals surface area contributed by atoms with Crippen molar-refractivity contribution in [1.29, 1.82) is 0 Å². The Morgan fingerprint density at radius 2 is 1.52 bits per heavy atom. The van der Waals surface area contributed by atoms with Crippen molar-refractivity contribution in [2.45, 2.75) is 39.8 Å². The van der Waals surface area contributed by atoms with E-state index in [9.17, 15) is 18.4 Å². The van der Waals surface area contributed by atoms with Crippen LogP contribution < -0.4 is 10.6 Å². The lowest BCUT2D eigenvalue weighted by Gasteiger charge is -2.31. The monoisotopic (exact) mass is 431 g/mol. The standard InChI is InChI=1S/C24H31F2N3O2/c1-5-29(6-2)20(17-11-8-7-9-12-17)15-27-24(31)22(16(3)4)28-23(30)21-18(25)13-10-14-19(21)26/h7-14,16,20,22H,5-6,15H2,1-4H3,(H,27,31)(H,28,30). The van der Waals surface area contributed by atoms with Crippen LogP contribution in [0.2, 0.25) is 0 Å². The second-order valence-corrected chi connectivity index (χ2v) is 7.68. The Balaban J connectivity index is 2.15. The van der Waals surface area contributed by atoms with Crippen molar-refractivity contribution in [1.82, 2.24) is 15.5 Å². The Bertz CT molecular complexity index is 850. The summed E-state index contributed by atoms with van der Waals surface area (Å²) in [5, 5.41) is 5.41. The van der Waals surface area contributed by atoms with E-state index in [2.05, 4.69) is 29.4 Å². The molecular weight excluding hydrogens is 400 g/mol. The Morgan fingerprint density at radius 3 is 2.03 bits per heavy atom. The molecule has 7 heteroatoms. The molecule has 0 saturated carbocycles. The lowest BCUT2D eigenvalue weighted by molar-refractivity contribution is -0.124. The van der Waals surface area contributed by atoms with Crippen molar-refractivity contribution in [3.63, 3.8) is 0 Å². The van der Waals surface area contributed by atoms with Crippen LogP contribution in [-0.4, -0.2) is 42.4 Å². The molecule has 2 unspecified atom stereocenters. The minimum atomic E-state index is -0.967. The highest BCUT2D eigenvalue weighted by Crippen LogP contribution is 2.20. The fourth-order valence-electron chi connectivity index (χ4n) is 3.57. The van der Waals surface area contributed by atoms with Crippen LogP contribution in [0.5, 0.6) is 0 Å². The first-order chi connectivity index (χ1) is 14.8. The molecule has 168 valence electrons. The molecule has 0 fully saturated rings. The maximum Gasteiger partial charge on any atom is 0.257 e. The van der Waals surface area contributed by atoms with E-state index in [0.29, 0.717) is 6.54 Å². The van der Waals surface area contributed by atoms with Gasteiger partial charge in [0.1, 0.15) is 23.2 Å². The second kappa shape index (κ2) is 11.6. The summed E-state index contributed by atoms with van der Waals surface area (Å²) in [6.07, 6.45) is 0. The first kappa shape index (κ1) is 24.5. The van der Waals surface area contributed by atoms with Crippen molar-refractivity contribution < 1.29 is 18.4 Å². The maximum absolute atomic E-state index is 14.0. The van der Waals surface area contributed by atoms with Crippen molar-refractivity contribution in [3.8, 4) is 0 Å². The molecule has 2 amide bonds. The fraction of sp³-hybridized carbons (Fsp3) is 0.417. The molecule has 0 heterocycles. The van der Waals surface area contributed by atoms with E-state index < -0.39 is 35.1 Å². The molecule has 5 nitrogen and oxygen atoms in total. The Kier molecular flexibility index (Phi) is 9.12. The predicted molar refractivity (Wildman–Crippen MR) is 118 cm³/mol. The number of halogens is 2. The van der Waals surface area contributed by atoms with Gasteiger partial charge in [0.15, 0.2) is 0 Å². The van der Waals surface area contributed by atoms with Crippen molar-refractivity contribution in [2.75, 3.05) is 19.6 Å². The second-order valence-electron chi connectivity index (χ2n) is 7.68. The molecule has 2 atom stereocenters. The summed E-state index contributed by atoms with van der Waals surface area (Å²) in [6, 6.07) is 12.1. The zero-order chi connectivity index (χ0) is 23.0. The largest absolute Gasteiger partial charge is 0.352 e. The highest BCUT2D eigenvalue weighted by Gasteiger charge is 2.28. The molecular formula is C24H31F2N3O2. The number of nitrogens with one attached hydrogen (secondary N) is 2. The Labute approximate surface area is 182 Å². The van der Waals surface area contributed by atoms with Gasteiger partial charge in [-0.15, -0.1) is 0 Å². The number of amides is 2. The van der Waals surface area contributed by atoms with Crippen molar-refractivity contribution >= 4 is 11.8 Å². The lowest BCUT2D eigenvalue weighted by atomic mass is 10.0. The van der Waals surface area contributed by atoms with Gasteiger partial charge < -0.3 is 10.6 Å². The molecule has 0 aliphatic rings. The van der Waals surface area contributed by atoms with E-state index in [4.69, 9.17) is 0 Å². The third-order valence-corrected chi connectivity index (χ3v) is 5.33. The molecule has 2 N–H and O–H groups in total. The topological polar surface area (TPSA) is 61.4 Å². The Hall–Kier alpha value is -2.80. The Morgan fingerprint density at radius 1 is 0.935 bits per heavy atom. The van der Waals surface area contributed by atoms with Crippen molar-refractivity contribution in [3.05, 3.63) is 71.3 Å². The van der Waals surface area contributed by atoms with Gasteiger partial charge in [-0.25, -0.2) is 8.78 Å². The van der Waals surface area contributed by atoms with Crippen LogP contribution in [0.3, 0.4) is 0 Å². The van der Waals surface area contributed by atoms with Crippen LogP contribution in [-0.2, 0) is 4.79 Å². The number of benzene rings is 2. The van der Waals surface area contributed by atoms with Crippen LogP contribution in [0.4, 0.5) is 8.78 Å². The summed E-state index contributed by atoms with van der Waals surface area (Å²) in [7, 11) is 0. The average molecular weight is 432 g/mol. The van der Waals surface area contributed by atoms with Gasteiger partial charge in [0.25, 0.3) is 5.91 Å². The summed E-state index contributed by atoms with van der Waals surface area (Å²) in [4.78, 5) is 27.6.